The van der Waals surface area contributed by atoms with Crippen LogP contribution >= 0.6 is 0 Å². The minimum atomic E-state index is 0.557. The molecule has 1 heterocycles. The third-order valence-electron chi connectivity index (χ3n) is 4.41. The molecule has 4 heteroatoms. The molecule has 1 amide bonds. The van der Waals surface area contributed by atoms with Crippen LogP contribution < -0.4 is 5.01 Å². The van der Waals surface area contributed by atoms with Crippen molar-refractivity contribution >= 4 is 12.1 Å². The Balaban J connectivity index is 1.67. The molecule has 0 bridgehead atoms. The van der Waals surface area contributed by atoms with Crippen molar-refractivity contribution in [1.82, 2.24) is 5.01 Å². The van der Waals surface area contributed by atoms with Crippen LogP contribution in [0.4, 0.5) is 5.69 Å². The lowest BCUT2D eigenvalue weighted by atomic mass is 9.90. The van der Waals surface area contributed by atoms with E-state index < -0.39 is 0 Å². The van der Waals surface area contributed by atoms with Crippen LogP contribution in [0, 0.1) is 11.3 Å². The van der Waals surface area contributed by atoms with Crippen molar-refractivity contribution in [2.75, 3.05) is 18.1 Å². The molecule has 4 nitrogen and oxygen atoms in total. The van der Waals surface area contributed by atoms with E-state index in [1.54, 1.807) is 17.1 Å². The quantitative estimate of drug-likeness (QED) is 0.814. The Labute approximate surface area is 136 Å². The molecule has 0 aliphatic carbocycles. The highest BCUT2D eigenvalue weighted by molar-refractivity contribution is 5.74. The fraction of sp³-hybridized carbons (Fsp3) is 0.263. The average Bonchev–Trinajstić information content (AvgIpc) is 2.64. The van der Waals surface area contributed by atoms with Gasteiger partial charge in [0.2, 0.25) is 6.41 Å². The molecule has 2 aromatic rings. The SMILES string of the molecule is N#Cc1ccc(N(C=O)N2CCC(c3ccccc3)CC2)cc1. The van der Waals surface area contributed by atoms with Gasteiger partial charge < -0.3 is 0 Å². The smallest absolute Gasteiger partial charge is 0.228 e. The van der Waals surface area contributed by atoms with Crippen LogP contribution in [0.15, 0.2) is 54.6 Å². The van der Waals surface area contributed by atoms with Crippen LogP contribution in [0.3, 0.4) is 0 Å². The first-order chi connectivity index (χ1) is 11.3. The Bertz CT molecular complexity index is 683. The molecule has 0 spiro atoms. The van der Waals surface area contributed by atoms with Gasteiger partial charge in [-0.15, -0.1) is 0 Å². The Morgan fingerprint density at radius 3 is 2.26 bits per heavy atom. The fourth-order valence-electron chi connectivity index (χ4n) is 3.12. The number of nitrogens with zero attached hydrogens (tertiary/aromatic N) is 3. The van der Waals surface area contributed by atoms with E-state index >= 15 is 0 Å². The molecule has 0 unspecified atom stereocenters. The molecule has 1 aliphatic heterocycles. The molecule has 1 aliphatic rings. The van der Waals surface area contributed by atoms with Crippen molar-refractivity contribution in [1.29, 1.82) is 5.26 Å². The summed E-state index contributed by atoms with van der Waals surface area (Å²) in [6.45, 7) is 1.69. The number of nitriles is 1. The summed E-state index contributed by atoms with van der Waals surface area (Å²) in [5.41, 5.74) is 2.78. The predicted molar refractivity (Wildman–Crippen MR) is 89.7 cm³/mol. The van der Waals surface area contributed by atoms with Gasteiger partial charge in [-0.25, -0.2) is 10.0 Å². The standard InChI is InChI=1S/C19H19N3O/c20-14-16-6-8-19(9-7-16)22(15-23)21-12-10-18(11-13-21)17-4-2-1-3-5-17/h1-9,15,18H,10-13H2. The van der Waals surface area contributed by atoms with Gasteiger partial charge in [-0.1, -0.05) is 30.3 Å². The number of piperidine rings is 1. The third kappa shape index (κ3) is 3.41. The number of carbonyl (C=O) groups excluding carboxylic acids is 1. The minimum Gasteiger partial charge on any atom is -0.277 e. The van der Waals surface area contributed by atoms with Crippen LogP contribution in [0.25, 0.3) is 0 Å². The average molecular weight is 305 g/mol. The van der Waals surface area contributed by atoms with Gasteiger partial charge in [0, 0.05) is 13.1 Å². The molecule has 1 saturated heterocycles. The monoisotopic (exact) mass is 305 g/mol. The minimum absolute atomic E-state index is 0.557. The van der Waals surface area contributed by atoms with E-state index in [4.69, 9.17) is 5.26 Å². The molecule has 0 radical (unpaired) electrons. The molecule has 116 valence electrons. The maximum absolute atomic E-state index is 11.5. The second-order valence-corrected chi connectivity index (χ2v) is 5.75. The van der Waals surface area contributed by atoms with E-state index in [-0.39, 0.29) is 0 Å². The second-order valence-electron chi connectivity index (χ2n) is 5.75. The Morgan fingerprint density at radius 2 is 1.70 bits per heavy atom. The van der Waals surface area contributed by atoms with Crippen LogP contribution in [0.1, 0.15) is 29.9 Å². The third-order valence-corrected chi connectivity index (χ3v) is 4.41. The van der Waals surface area contributed by atoms with E-state index in [9.17, 15) is 4.79 Å². The maximum Gasteiger partial charge on any atom is 0.228 e. The summed E-state index contributed by atoms with van der Waals surface area (Å²) in [5, 5.41) is 12.6. The molecule has 2 aromatic carbocycles. The van der Waals surface area contributed by atoms with Gasteiger partial charge in [0.05, 0.1) is 17.3 Å². The highest BCUT2D eigenvalue weighted by Gasteiger charge is 2.24. The van der Waals surface area contributed by atoms with Gasteiger partial charge in [0.15, 0.2) is 0 Å². The predicted octanol–water partition coefficient (Wildman–Crippen LogP) is 3.32. The zero-order valence-electron chi connectivity index (χ0n) is 12.9. The lowest BCUT2D eigenvalue weighted by Crippen LogP contribution is -2.46. The first-order valence-electron chi connectivity index (χ1n) is 7.86. The number of hydrogen-bond donors (Lipinski definition) is 0. The van der Waals surface area contributed by atoms with Crippen molar-refractivity contribution in [3.05, 3.63) is 65.7 Å². The van der Waals surface area contributed by atoms with Crippen molar-refractivity contribution < 1.29 is 4.79 Å². The number of amides is 1. The molecule has 0 atom stereocenters. The summed E-state index contributed by atoms with van der Waals surface area (Å²) in [5.74, 6) is 0.557. The van der Waals surface area contributed by atoms with Gasteiger partial charge in [0.25, 0.3) is 0 Å². The van der Waals surface area contributed by atoms with E-state index in [0.29, 0.717) is 11.5 Å². The van der Waals surface area contributed by atoms with Crippen LogP contribution in [-0.2, 0) is 4.79 Å². The largest absolute Gasteiger partial charge is 0.277 e. The lowest BCUT2D eigenvalue weighted by molar-refractivity contribution is -0.110. The first kappa shape index (κ1) is 15.3. The molecule has 23 heavy (non-hydrogen) atoms. The topological polar surface area (TPSA) is 47.3 Å². The van der Waals surface area contributed by atoms with E-state index in [2.05, 4.69) is 35.3 Å². The molecule has 0 aromatic heterocycles. The zero-order valence-corrected chi connectivity index (χ0v) is 12.9. The molecular formula is C19H19N3O. The van der Waals surface area contributed by atoms with E-state index in [1.807, 2.05) is 18.2 Å². The summed E-state index contributed by atoms with van der Waals surface area (Å²) >= 11 is 0. The highest BCUT2D eigenvalue weighted by Crippen LogP contribution is 2.29. The van der Waals surface area contributed by atoms with Gasteiger partial charge in [0.1, 0.15) is 0 Å². The Kier molecular flexibility index (Phi) is 4.70. The summed E-state index contributed by atoms with van der Waals surface area (Å²) < 4.78 is 0. The van der Waals surface area contributed by atoms with Gasteiger partial charge in [-0.3, -0.25) is 4.79 Å². The number of benzene rings is 2. The molecule has 1 fully saturated rings. The van der Waals surface area contributed by atoms with Crippen molar-refractivity contribution in [3.8, 4) is 6.07 Å². The Hall–Kier alpha value is -2.64. The van der Waals surface area contributed by atoms with Gasteiger partial charge in [-0.05, 0) is 48.6 Å². The number of rotatable bonds is 4. The summed E-state index contributed by atoms with van der Waals surface area (Å²) in [7, 11) is 0. The van der Waals surface area contributed by atoms with Crippen molar-refractivity contribution in [2.24, 2.45) is 0 Å². The molecule has 0 N–H and O–H groups in total. The zero-order chi connectivity index (χ0) is 16.1. The first-order valence-corrected chi connectivity index (χ1v) is 7.86. The number of carbonyl (C=O) groups is 1. The molecule has 0 saturated carbocycles. The van der Waals surface area contributed by atoms with Crippen molar-refractivity contribution in [3.63, 3.8) is 0 Å². The second kappa shape index (κ2) is 7.08. The maximum atomic E-state index is 11.5. The summed E-state index contributed by atoms with van der Waals surface area (Å²) in [4.78, 5) is 11.5. The fourth-order valence-corrected chi connectivity index (χ4v) is 3.12. The number of anilines is 1. The van der Waals surface area contributed by atoms with Crippen LogP contribution in [0.2, 0.25) is 0 Å². The van der Waals surface area contributed by atoms with Crippen LogP contribution in [0.5, 0.6) is 0 Å². The molecule has 3 rings (SSSR count). The Morgan fingerprint density at radius 1 is 1.04 bits per heavy atom. The summed E-state index contributed by atoms with van der Waals surface area (Å²) in [6, 6.07) is 19.8. The van der Waals surface area contributed by atoms with Gasteiger partial charge >= 0.3 is 0 Å². The normalized spacial score (nSPS) is 15.8. The summed E-state index contributed by atoms with van der Waals surface area (Å²) in [6.07, 6.45) is 2.92. The van der Waals surface area contributed by atoms with Crippen LogP contribution in [-0.4, -0.2) is 24.5 Å². The highest BCUT2D eigenvalue weighted by atomic mass is 16.1. The van der Waals surface area contributed by atoms with E-state index in [1.165, 1.54) is 5.56 Å². The van der Waals surface area contributed by atoms with Gasteiger partial charge in [-0.2, -0.15) is 5.26 Å². The molecular weight excluding hydrogens is 286 g/mol. The lowest BCUT2D eigenvalue weighted by Gasteiger charge is -2.37. The van der Waals surface area contributed by atoms with Crippen molar-refractivity contribution in [2.45, 2.75) is 18.8 Å². The van der Waals surface area contributed by atoms with E-state index in [0.717, 1.165) is 38.0 Å². The number of hydrazine groups is 1. The number of hydrogen-bond acceptors (Lipinski definition) is 3.